The van der Waals surface area contributed by atoms with Crippen molar-refractivity contribution in [1.82, 2.24) is 0 Å². The summed E-state index contributed by atoms with van der Waals surface area (Å²) in [6.07, 6.45) is 1.02. The van der Waals surface area contributed by atoms with Gasteiger partial charge in [0.1, 0.15) is 5.78 Å². The molecule has 1 aromatic rings. The molecule has 1 saturated carbocycles. The summed E-state index contributed by atoms with van der Waals surface area (Å²) < 4.78 is 0.819. The van der Waals surface area contributed by atoms with Crippen molar-refractivity contribution in [3.05, 3.63) is 21.3 Å². The van der Waals surface area contributed by atoms with Gasteiger partial charge < -0.3 is 0 Å². The molecule has 3 heteroatoms. The van der Waals surface area contributed by atoms with Crippen molar-refractivity contribution in [3.63, 3.8) is 0 Å². The third-order valence-corrected chi connectivity index (χ3v) is 3.64. The molecule has 1 nitrogen and oxygen atoms in total. The van der Waals surface area contributed by atoms with Crippen molar-refractivity contribution in [2.24, 2.45) is 5.92 Å². The number of carbonyl (C=O) groups is 1. The minimum absolute atomic E-state index is 0.278. The Balaban J connectivity index is 2.10. The molecule has 0 aromatic carbocycles. The molecule has 0 unspecified atom stereocenters. The van der Waals surface area contributed by atoms with Crippen LogP contribution >= 0.6 is 22.9 Å². The zero-order valence-electron chi connectivity index (χ0n) is 6.71. The van der Waals surface area contributed by atoms with Gasteiger partial charge in [-0.2, -0.15) is 0 Å². The lowest BCUT2D eigenvalue weighted by molar-refractivity contribution is -0.118. The van der Waals surface area contributed by atoms with Crippen molar-refractivity contribution in [1.29, 1.82) is 0 Å². The standard InChI is InChI=1S/C9H9ClOS/c1-5(11)6-4-7(6)8-2-3-9(10)12-8/h2-3,6-7H,4H2,1H3/t6-,7-/m0/s1. The Morgan fingerprint density at radius 3 is 2.83 bits per heavy atom. The Morgan fingerprint density at radius 2 is 2.42 bits per heavy atom. The molecule has 0 spiro atoms. The zero-order chi connectivity index (χ0) is 8.72. The van der Waals surface area contributed by atoms with E-state index in [0.717, 1.165) is 10.8 Å². The molecule has 0 amide bonds. The molecule has 0 radical (unpaired) electrons. The highest BCUT2D eigenvalue weighted by Gasteiger charge is 2.42. The van der Waals surface area contributed by atoms with Crippen LogP contribution in [0.15, 0.2) is 12.1 Å². The Hall–Kier alpha value is -0.340. The second-order valence-electron chi connectivity index (χ2n) is 3.20. The van der Waals surface area contributed by atoms with Gasteiger partial charge in [-0.05, 0) is 25.5 Å². The summed E-state index contributed by atoms with van der Waals surface area (Å²) in [6.45, 7) is 1.67. The van der Waals surface area contributed by atoms with Crippen LogP contribution in [0.5, 0.6) is 0 Å². The van der Waals surface area contributed by atoms with Crippen LogP contribution in [0.1, 0.15) is 24.1 Å². The van der Waals surface area contributed by atoms with Crippen molar-refractivity contribution in [2.45, 2.75) is 19.3 Å². The van der Waals surface area contributed by atoms with E-state index in [2.05, 4.69) is 0 Å². The first-order chi connectivity index (χ1) is 5.68. The molecule has 1 aliphatic rings. The summed E-state index contributed by atoms with van der Waals surface area (Å²) in [5.74, 6) is 1.06. The molecule has 0 N–H and O–H groups in total. The van der Waals surface area contributed by atoms with Gasteiger partial charge in [-0.3, -0.25) is 4.79 Å². The molecule has 2 rings (SSSR count). The molecule has 64 valence electrons. The van der Waals surface area contributed by atoms with Crippen LogP contribution in [-0.2, 0) is 4.79 Å². The maximum atomic E-state index is 11.0. The lowest BCUT2D eigenvalue weighted by Crippen LogP contribution is -1.93. The van der Waals surface area contributed by atoms with Gasteiger partial charge in [-0.15, -0.1) is 11.3 Å². The quantitative estimate of drug-likeness (QED) is 0.717. The molecule has 2 atom stereocenters. The molecule has 1 aliphatic carbocycles. The summed E-state index contributed by atoms with van der Waals surface area (Å²) >= 11 is 7.39. The first-order valence-corrected chi connectivity index (χ1v) is 5.13. The number of thiophene rings is 1. The second-order valence-corrected chi connectivity index (χ2v) is 4.95. The van der Waals surface area contributed by atoms with E-state index in [1.165, 1.54) is 4.88 Å². The number of Topliss-reactive ketones (excluding diaryl/α,β-unsaturated/α-hetero) is 1. The average molecular weight is 201 g/mol. The van der Waals surface area contributed by atoms with Crippen molar-refractivity contribution in [3.8, 4) is 0 Å². The maximum Gasteiger partial charge on any atom is 0.133 e. The van der Waals surface area contributed by atoms with Gasteiger partial charge >= 0.3 is 0 Å². The van der Waals surface area contributed by atoms with Gasteiger partial charge in [0.2, 0.25) is 0 Å². The summed E-state index contributed by atoms with van der Waals surface area (Å²) in [5, 5.41) is 0. The number of hydrogen-bond donors (Lipinski definition) is 0. The van der Waals surface area contributed by atoms with Gasteiger partial charge in [-0.1, -0.05) is 11.6 Å². The van der Waals surface area contributed by atoms with E-state index >= 15 is 0 Å². The fraction of sp³-hybridized carbons (Fsp3) is 0.444. The summed E-state index contributed by atoms with van der Waals surface area (Å²) in [6, 6.07) is 3.93. The average Bonchev–Trinajstić information content (AvgIpc) is 2.70. The predicted molar refractivity (Wildman–Crippen MR) is 50.9 cm³/mol. The first-order valence-electron chi connectivity index (χ1n) is 3.94. The van der Waals surface area contributed by atoms with Gasteiger partial charge in [0.15, 0.2) is 0 Å². The molecule has 12 heavy (non-hydrogen) atoms. The number of hydrogen-bond acceptors (Lipinski definition) is 2. The largest absolute Gasteiger partial charge is 0.300 e. The summed E-state index contributed by atoms with van der Waals surface area (Å²) in [7, 11) is 0. The minimum atomic E-state index is 0.278. The lowest BCUT2D eigenvalue weighted by Gasteiger charge is -1.90. The highest BCUT2D eigenvalue weighted by atomic mass is 35.5. The van der Waals surface area contributed by atoms with E-state index in [1.54, 1.807) is 18.3 Å². The topological polar surface area (TPSA) is 17.1 Å². The van der Waals surface area contributed by atoms with Gasteiger partial charge in [0.25, 0.3) is 0 Å². The monoisotopic (exact) mass is 200 g/mol. The van der Waals surface area contributed by atoms with Gasteiger partial charge in [0.05, 0.1) is 4.34 Å². The van der Waals surface area contributed by atoms with Crippen LogP contribution < -0.4 is 0 Å². The molecule has 0 bridgehead atoms. The second kappa shape index (κ2) is 2.86. The molecule has 0 saturated heterocycles. The zero-order valence-corrected chi connectivity index (χ0v) is 8.28. The fourth-order valence-electron chi connectivity index (χ4n) is 1.49. The predicted octanol–water partition coefficient (Wildman–Crippen LogP) is 3.09. The maximum absolute atomic E-state index is 11.0. The Kier molecular flexibility index (Phi) is 1.97. The van der Waals surface area contributed by atoms with E-state index in [1.807, 2.05) is 12.1 Å². The van der Waals surface area contributed by atoms with Crippen molar-refractivity contribution < 1.29 is 4.79 Å². The minimum Gasteiger partial charge on any atom is -0.300 e. The Labute approximate surface area is 80.4 Å². The molecular weight excluding hydrogens is 192 g/mol. The molecule has 1 aromatic heterocycles. The number of ketones is 1. The molecule has 0 aliphatic heterocycles. The number of carbonyl (C=O) groups excluding carboxylic acids is 1. The van der Waals surface area contributed by atoms with Crippen LogP contribution in [0.25, 0.3) is 0 Å². The van der Waals surface area contributed by atoms with Crippen LogP contribution in [0, 0.1) is 5.92 Å². The Bertz CT molecular complexity index is 318. The van der Waals surface area contributed by atoms with E-state index < -0.39 is 0 Å². The highest BCUT2D eigenvalue weighted by molar-refractivity contribution is 7.16. The van der Waals surface area contributed by atoms with Crippen LogP contribution in [-0.4, -0.2) is 5.78 Å². The van der Waals surface area contributed by atoms with E-state index in [0.29, 0.717) is 11.7 Å². The molecular formula is C9H9ClOS. The first kappa shape index (κ1) is 8.27. The number of halogens is 1. The highest BCUT2D eigenvalue weighted by Crippen LogP contribution is 2.50. The van der Waals surface area contributed by atoms with Crippen molar-refractivity contribution >= 4 is 28.7 Å². The lowest BCUT2D eigenvalue weighted by atomic mass is 10.2. The van der Waals surface area contributed by atoms with Crippen molar-refractivity contribution in [2.75, 3.05) is 0 Å². The normalized spacial score (nSPS) is 27.2. The molecule has 1 fully saturated rings. The van der Waals surface area contributed by atoms with Crippen LogP contribution in [0.4, 0.5) is 0 Å². The van der Waals surface area contributed by atoms with E-state index in [-0.39, 0.29) is 5.92 Å². The third kappa shape index (κ3) is 1.41. The van der Waals surface area contributed by atoms with Gasteiger partial charge in [-0.25, -0.2) is 0 Å². The SMILES string of the molecule is CC(=O)[C@@H]1C[C@@H]1c1ccc(Cl)s1. The van der Waals surface area contributed by atoms with Crippen LogP contribution in [0.3, 0.4) is 0 Å². The third-order valence-electron chi connectivity index (χ3n) is 2.27. The van der Waals surface area contributed by atoms with E-state index in [4.69, 9.17) is 11.6 Å². The van der Waals surface area contributed by atoms with E-state index in [9.17, 15) is 4.79 Å². The number of rotatable bonds is 2. The Morgan fingerprint density at radius 1 is 1.67 bits per heavy atom. The smallest absolute Gasteiger partial charge is 0.133 e. The summed E-state index contributed by atoms with van der Waals surface area (Å²) in [4.78, 5) is 12.2. The fourth-order valence-corrected chi connectivity index (χ4v) is 2.73. The van der Waals surface area contributed by atoms with Crippen LogP contribution in [0.2, 0.25) is 4.34 Å². The molecule has 1 heterocycles. The summed E-state index contributed by atoms with van der Waals surface area (Å²) in [5.41, 5.74) is 0. The van der Waals surface area contributed by atoms with Gasteiger partial charge in [0, 0.05) is 16.7 Å².